The Labute approximate surface area is 168 Å². The lowest BCUT2D eigenvalue weighted by Crippen LogP contribution is -2.48. The normalized spacial score (nSPS) is 21.5. The van der Waals surface area contributed by atoms with Gasteiger partial charge in [0.2, 0.25) is 0 Å². The summed E-state index contributed by atoms with van der Waals surface area (Å²) in [5, 5.41) is -1.18. The maximum absolute atomic E-state index is 13.7. The molecule has 0 spiro atoms. The summed E-state index contributed by atoms with van der Waals surface area (Å²) < 4.78 is 1.08. The first-order valence-electron chi connectivity index (χ1n) is 8.55. The number of amides is 2. The molecule has 0 N–H and O–H groups in total. The molecule has 0 aromatic heterocycles. The minimum atomic E-state index is -1.21. The van der Waals surface area contributed by atoms with E-state index in [4.69, 9.17) is 0 Å². The van der Waals surface area contributed by atoms with Gasteiger partial charge < -0.3 is 0 Å². The Hall–Kier alpha value is -2.29. The predicted molar refractivity (Wildman–Crippen MR) is 112 cm³/mol. The second-order valence-corrected chi connectivity index (χ2v) is 8.12. The number of halogens is 1. The zero-order chi connectivity index (χ0) is 19.1. The van der Waals surface area contributed by atoms with Gasteiger partial charge in [0, 0.05) is 0 Å². The van der Waals surface area contributed by atoms with Crippen LogP contribution in [0.4, 0.5) is 0 Å². The lowest BCUT2D eigenvalue weighted by molar-refractivity contribution is -0.132. The lowest BCUT2D eigenvalue weighted by atomic mass is 9.64. The maximum atomic E-state index is 13.7. The van der Waals surface area contributed by atoms with E-state index < -0.39 is 10.6 Å². The highest BCUT2D eigenvalue weighted by atomic mass is 79.9. The third kappa shape index (κ3) is 2.37. The summed E-state index contributed by atoms with van der Waals surface area (Å²) in [7, 11) is 2.71. The fourth-order valence-corrected chi connectivity index (χ4v) is 5.52. The van der Waals surface area contributed by atoms with Gasteiger partial charge >= 0.3 is 0 Å². The molecule has 0 aliphatic carbocycles. The number of nitrogens with zero attached hydrogens (tertiary/aromatic N) is 1. The van der Waals surface area contributed by atoms with E-state index in [2.05, 4.69) is 25.4 Å². The van der Waals surface area contributed by atoms with Crippen molar-refractivity contribution in [1.29, 1.82) is 0 Å². The SMILES string of the molecule is O=C1N(Br)C(=O)C(c2ccccc2)(c2ccccc2)C1(P)c1ccccc1. The molecule has 4 rings (SSSR count). The number of carbonyl (C=O) groups excluding carboxylic acids is 2. The first-order valence-corrected chi connectivity index (χ1v) is 9.83. The Balaban J connectivity index is 2.15. The number of imide groups is 1. The van der Waals surface area contributed by atoms with E-state index in [1.807, 2.05) is 91.0 Å². The van der Waals surface area contributed by atoms with Crippen molar-refractivity contribution in [3.05, 3.63) is 108 Å². The predicted octanol–water partition coefficient (Wildman–Crippen LogP) is 4.42. The van der Waals surface area contributed by atoms with Crippen LogP contribution in [0, 0.1) is 0 Å². The second kappa shape index (κ2) is 6.70. The Morgan fingerprint density at radius 3 is 1.41 bits per heavy atom. The van der Waals surface area contributed by atoms with Gasteiger partial charge in [0.25, 0.3) is 11.8 Å². The third-order valence-electron chi connectivity index (χ3n) is 5.25. The molecule has 3 aromatic carbocycles. The molecule has 1 heterocycles. The molecule has 2 unspecified atom stereocenters. The van der Waals surface area contributed by atoms with Gasteiger partial charge in [0.05, 0.1) is 16.1 Å². The van der Waals surface area contributed by atoms with Crippen molar-refractivity contribution in [3.63, 3.8) is 0 Å². The van der Waals surface area contributed by atoms with Gasteiger partial charge in [-0.05, 0) is 16.7 Å². The Morgan fingerprint density at radius 2 is 1.00 bits per heavy atom. The second-order valence-electron chi connectivity index (χ2n) is 6.55. The van der Waals surface area contributed by atoms with Crippen LogP contribution in [0.1, 0.15) is 16.7 Å². The van der Waals surface area contributed by atoms with Gasteiger partial charge in [-0.2, -0.15) is 0 Å². The number of rotatable bonds is 3. The van der Waals surface area contributed by atoms with Gasteiger partial charge in [-0.1, -0.05) is 91.0 Å². The maximum Gasteiger partial charge on any atom is 0.256 e. The largest absolute Gasteiger partial charge is 0.272 e. The van der Waals surface area contributed by atoms with Gasteiger partial charge in [0.15, 0.2) is 0 Å². The molecular formula is C22H17BrNO2P. The molecule has 134 valence electrons. The van der Waals surface area contributed by atoms with Crippen LogP contribution in [0.5, 0.6) is 0 Å². The summed E-state index contributed by atoms with van der Waals surface area (Å²) in [5.41, 5.74) is 1.11. The van der Waals surface area contributed by atoms with Crippen molar-refractivity contribution >= 4 is 37.2 Å². The van der Waals surface area contributed by atoms with Crippen molar-refractivity contribution in [2.45, 2.75) is 10.6 Å². The summed E-state index contributed by atoms with van der Waals surface area (Å²) in [6.45, 7) is 0. The Morgan fingerprint density at radius 1 is 0.630 bits per heavy atom. The molecule has 1 saturated heterocycles. The topological polar surface area (TPSA) is 37.4 Å². The molecule has 2 amide bonds. The van der Waals surface area contributed by atoms with Crippen molar-refractivity contribution in [2.24, 2.45) is 0 Å². The van der Waals surface area contributed by atoms with Crippen LogP contribution in [0.3, 0.4) is 0 Å². The van der Waals surface area contributed by atoms with Crippen LogP contribution in [-0.4, -0.2) is 15.7 Å². The molecule has 0 bridgehead atoms. The molecule has 3 aromatic rings. The standard InChI is InChI=1S/C22H17BrNO2P/c23-24-19(25)21(16-10-4-1-5-11-16,17-12-6-2-7-13-17)22(27,20(24)26)18-14-8-3-9-15-18/h1-15H,27H2. The van der Waals surface area contributed by atoms with Crippen molar-refractivity contribution in [2.75, 3.05) is 0 Å². The van der Waals surface area contributed by atoms with Gasteiger partial charge in [-0.15, -0.1) is 9.24 Å². The van der Waals surface area contributed by atoms with E-state index in [0.717, 1.165) is 20.6 Å². The molecule has 0 saturated carbocycles. The van der Waals surface area contributed by atoms with Crippen molar-refractivity contribution in [1.82, 2.24) is 3.93 Å². The average Bonchev–Trinajstić information content (AvgIpc) is 2.89. The van der Waals surface area contributed by atoms with Gasteiger partial charge in [-0.25, -0.2) is 3.93 Å². The number of benzene rings is 3. The fraction of sp³-hybridized carbons (Fsp3) is 0.0909. The summed E-state index contributed by atoms with van der Waals surface area (Å²) in [5.74, 6) is -0.611. The monoisotopic (exact) mass is 437 g/mol. The Bertz CT molecular complexity index is 955. The van der Waals surface area contributed by atoms with Crippen LogP contribution in [0.2, 0.25) is 0 Å². The zero-order valence-corrected chi connectivity index (χ0v) is 17.1. The van der Waals surface area contributed by atoms with Crippen LogP contribution < -0.4 is 0 Å². The van der Waals surface area contributed by atoms with E-state index in [1.54, 1.807) is 0 Å². The highest BCUT2D eigenvalue weighted by molar-refractivity contribution is 9.08. The van der Waals surface area contributed by atoms with Crippen LogP contribution >= 0.6 is 25.4 Å². The highest BCUT2D eigenvalue weighted by Crippen LogP contribution is 2.59. The summed E-state index contributed by atoms with van der Waals surface area (Å²) in [6, 6.07) is 28.5. The van der Waals surface area contributed by atoms with Crippen LogP contribution in [0.15, 0.2) is 91.0 Å². The van der Waals surface area contributed by atoms with Crippen molar-refractivity contribution in [3.8, 4) is 0 Å². The molecule has 1 aliphatic rings. The number of carbonyl (C=O) groups is 2. The van der Waals surface area contributed by atoms with Gasteiger partial charge in [0.1, 0.15) is 10.6 Å². The minimum Gasteiger partial charge on any atom is -0.272 e. The van der Waals surface area contributed by atoms with Gasteiger partial charge in [-0.3, -0.25) is 9.59 Å². The first kappa shape index (κ1) is 18.1. The molecular weight excluding hydrogens is 421 g/mol. The molecule has 0 radical (unpaired) electrons. The van der Waals surface area contributed by atoms with E-state index in [9.17, 15) is 9.59 Å². The quantitative estimate of drug-likeness (QED) is 0.345. The molecule has 1 aliphatic heterocycles. The minimum absolute atomic E-state index is 0.302. The van der Waals surface area contributed by atoms with E-state index in [-0.39, 0.29) is 11.8 Å². The smallest absolute Gasteiger partial charge is 0.256 e. The van der Waals surface area contributed by atoms with E-state index in [0.29, 0.717) is 0 Å². The molecule has 3 nitrogen and oxygen atoms in total. The molecule has 2 atom stereocenters. The highest BCUT2D eigenvalue weighted by Gasteiger charge is 2.69. The van der Waals surface area contributed by atoms with Crippen molar-refractivity contribution < 1.29 is 9.59 Å². The first-order chi connectivity index (χ1) is 13.0. The fourth-order valence-electron chi connectivity index (χ4n) is 4.01. The number of hydrogen-bond donors (Lipinski definition) is 0. The molecule has 5 heteroatoms. The van der Waals surface area contributed by atoms with Crippen LogP contribution in [0.25, 0.3) is 0 Å². The molecule has 1 fully saturated rings. The third-order valence-corrected chi connectivity index (χ3v) is 6.91. The van der Waals surface area contributed by atoms with E-state index in [1.165, 1.54) is 0 Å². The lowest BCUT2D eigenvalue weighted by Gasteiger charge is -2.40. The summed E-state index contributed by atoms with van der Waals surface area (Å²) >= 11 is 3.23. The zero-order valence-electron chi connectivity index (χ0n) is 14.4. The summed E-state index contributed by atoms with van der Waals surface area (Å²) in [4.78, 5) is 27.1. The Kier molecular flexibility index (Phi) is 4.49. The van der Waals surface area contributed by atoms with E-state index >= 15 is 0 Å². The van der Waals surface area contributed by atoms with Crippen LogP contribution in [-0.2, 0) is 20.2 Å². The molecule has 27 heavy (non-hydrogen) atoms. The average molecular weight is 438 g/mol. The number of hydrogen-bond acceptors (Lipinski definition) is 2. The summed E-state index contributed by atoms with van der Waals surface area (Å²) in [6.07, 6.45) is 0.